The van der Waals surface area contributed by atoms with Crippen molar-refractivity contribution in [2.75, 3.05) is 0 Å². The van der Waals surface area contributed by atoms with Crippen molar-refractivity contribution in [3.63, 3.8) is 0 Å². The highest BCUT2D eigenvalue weighted by atomic mass is 16.2. The normalized spacial score (nSPS) is 18.3. The van der Waals surface area contributed by atoms with E-state index in [1.165, 1.54) is 5.56 Å². The van der Waals surface area contributed by atoms with Crippen LogP contribution in [0.1, 0.15) is 40.3 Å². The molecule has 1 amide bonds. The SMILES string of the molecule is O=C1[C@H](c2ccccc2)[C@@H](c2ccccc2)N1C(c1ccccc1)c1ccccc1. The van der Waals surface area contributed by atoms with Gasteiger partial charge >= 0.3 is 0 Å². The zero-order valence-electron chi connectivity index (χ0n) is 16.6. The number of benzene rings is 4. The third-order valence-corrected chi connectivity index (χ3v) is 5.94. The van der Waals surface area contributed by atoms with Crippen LogP contribution in [-0.2, 0) is 4.79 Å². The Morgan fingerprint density at radius 1 is 0.533 bits per heavy atom. The van der Waals surface area contributed by atoms with Crippen LogP contribution in [0, 0.1) is 0 Å². The number of rotatable bonds is 5. The van der Waals surface area contributed by atoms with E-state index in [4.69, 9.17) is 0 Å². The molecule has 2 nitrogen and oxygen atoms in total. The molecule has 0 bridgehead atoms. The van der Waals surface area contributed by atoms with Gasteiger partial charge in [0, 0.05) is 0 Å². The molecule has 146 valence electrons. The van der Waals surface area contributed by atoms with Crippen LogP contribution in [0.5, 0.6) is 0 Å². The van der Waals surface area contributed by atoms with Crippen LogP contribution in [0.3, 0.4) is 0 Å². The fraction of sp³-hybridized carbons (Fsp3) is 0.107. The highest BCUT2D eigenvalue weighted by Crippen LogP contribution is 2.52. The number of hydrogen-bond donors (Lipinski definition) is 0. The third-order valence-electron chi connectivity index (χ3n) is 5.94. The minimum Gasteiger partial charge on any atom is -0.323 e. The number of carbonyl (C=O) groups is 1. The van der Waals surface area contributed by atoms with Crippen LogP contribution in [0.2, 0.25) is 0 Å². The Morgan fingerprint density at radius 3 is 1.40 bits per heavy atom. The summed E-state index contributed by atoms with van der Waals surface area (Å²) in [5, 5.41) is 0. The van der Waals surface area contributed by atoms with E-state index in [0.29, 0.717) is 0 Å². The van der Waals surface area contributed by atoms with E-state index in [1.54, 1.807) is 0 Å². The maximum Gasteiger partial charge on any atom is 0.233 e. The van der Waals surface area contributed by atoms with Crippen molar-refractivity contribution in [1.29, 1.82) is 0 Å². The van der Waals surface area contributed by atoms with E-state index in [0.717, 1.165) is 16.7 Å². The van der Waals surface area contributed by atoms with E-state index in [2.05, 4.69) is 65.6 Å². The molecule has 0 unspecified atom stereocenters. The summed E-state index contributed by atoms with van der Waals surface area (Å²) in [6.07, 6.45) is 0. The van der Waals surface area contributed by atoms with Crippen LogP contribution >= 0.6 is 0 Å². The summed E-state index contributed by atoms with van der Waals surface area (Å²) in [7, 11) is 0. The van der Waals surface area contributed by atoms with Crippen molar-refractivity contribution in [1.82, 2.24) is 4.90 Å². The zero-order chi connectivity index (χ0) is 20.3. The standard InChI is InChI=1S/C28H23NO/c30-28-25(21-13-5-1-6-14-21)27(24-19-11-4-12-20-24)29(28)26(22-15-7-2-8-16-22)23-17-9-3-10-18-23/h1-20,25-27H/t25-,27-/m1/s1. The summed E-state index contributed by atoms with van der Waals surface area (Å²) in [6, 6.07) is 41.1. The second-order valence-electron chi connectivity index (χ2n) is 7.71. The number of β-lactam (4-membered cyclic amide) rings is 1. The van der Waals surface area contributed by atoms with Gasteiger partial charge in [0.05, 0.1) is 18.0 Å². The summed E-state index contributed by atoms with van der Waals surface area (Å²) >= 11 is 0. The van der Waals surface area contributed by atoms with Gasteiger partial charge in [0.15, 0.2) is 0 Å². The molecule has 2 atom stereocenters. The molecule has 2 heteroatoms. The number of amides is 1. The first-order chi connectivity index (χ1) is 14.8. The molecule has 5 rings (SSSR count). The number of nitrogens with zero attached hydrogens (tertiary/aromatic N) is 1. The monoisotopic (exact) mass is 389 g/mol. The molecule has 0 saturated carbocycles. The van der Waals surface area contributed by atoms with E-state index in [9.17, 15) is 4.79 Å². The van der Waals surface area contributed by atoms with E-state index in [-0.39, 0.29) is 23.9 Å². The second kappa shape index (κ2) is 8.00. The van der Waals surface area contributed by atoms with Gasteiger partial charge in [-0.25, -0.2) is 0 Å². The highest BCUT2D eigenvalue weighted by Gasteiger charge is 2.52. The number of hydrogen-bond acceptors (Lipinski definition) is 1. The lowest BCUT2D eigenvalue weighted by molar-refractivity contribution is -0.153. The molecule has 4 aromatic carbocycles. The predicted molar refractivity (Wildman–Crippen MR) is 120 cm³/mol. The molecule has 1 fully saturated rings. The zero-order valence-corrected chi connectivity index (χ0v) is 16.6. The van der Waals surface area contributed by atoms with Gasteiger partial charge in [-0.3, -0.25) is 4.79 Å². The molecular formula is C28H23NO. The third kappa shape index (κ3) is 3.21. The van der Waals surface area contributed by atoms with Gasteiger partial charge in [-0.2, -0.15) is 0 Å². The molecule has 0 N–H and O–H groups in total. The average molecular weight is 389 g/mol. The van der Waals surface area contributed by atoms with Crippen LogP contribution in [0.15, 0.2) is 121 Å². The first kappa shape index (κ1) is 18.4. The van der Waals surface area contributed by atoms with Crippen molar-refractivity contribution in [2.24, 2.45) is 0 Å². The Kier molecular flexibility index (Phi) is 4.90. The predicted octanol–water partition coefficient (Wildman–Crippen LogP) is 6.14. The van der Waals surface area contributed by atoms with Gasteiger partial charge in [-0.15, -0.1) is 0 Å². The Morgan fingerprint density at radius 2 is 0.933 bits per heavy atom. The molecule has 0 spiro atoms. The minimum absolute atomic E-state index is 0.00786. The lowest BCUT2D eigenvalue weighted by Crippen LogP contribution is -2.54. The highest BCUT2D eigenvalue weighted by molar-refractivity contribution is 5.92. The first-order valence-electron chi connectivity index (χ1n) is 10.4. The number of carbonyl (C=O) groups excluding carboxylic acids is 1. The fourth-order valence-electron chi connectivity index (χ4n) is 4.57. The van der Waals surface area contributed by atoms with Gasteiger partial charge in [-0.05, 0) is 22.3 Å². The molecule has 1 aliphatic heterocycles. The van der Waals surface area contributed by atoms with E-state index < -0.39 is 0 Å². The fourth-order valence-corrected chi connectivity index (χ4v) is 4.57. The molecular weight excluding hydrogens is 366 g/mol. The Balaban J connectivity index is 1.64. The molecule has 1 saturated heterocycles. The van der Waals surface area contributed by atoms with Crippen molar-refractivity contribution < 1.29 is 4.79 Å². The maximum absolute atomic E-state index is 13.7. The summed E-state index contributed by atoms with van der Waals surface area (Å²) in [5.41, 5.74) is 4.50. The van der Waals surface area contributed by atoms with Crippen LogP contribution < -0.4 is 0 Å². The van der Waals surface area contributed by atoms with Crippen LogP contribution in [0.25, 0.3) is 0 Å². The van der Waals surface area contributed by atoms with Gasteiger partial charge in [0.25, 0.3) is 0 Å². The van der Waals surface area contributed by atoms with Crippen LogP contribution in [0.4, 0.5) is 0 Å². The molecule has 0 aromatic heterocycles. The molecule has 0 aliphatic carbocycles. The van der Waals surface area contributed by atoms with Crippen molar-refractivity contribution in [2.45, 2.75) is 18.0 Å². The van der Waals surface area contributed by atoms with E-state index in [1.807, 2.05) is 60.7 Å². The quantitative estimate of drug-likeness (QED) is 0.375. The minimum atomic E-state index is -0.163. The molecule has 0 radical (unpaired) electrons. The summed E-state index contributed by atoms with van der Waals surface area (Å²) < 4.78 is 0. The topological polar surface area (TPSA) is 20.3 Å². The lowest BCUT2D eigenvalue weighted by Gasteiger charge is -2.52. The number of likely N-dealkylation sites (tertiary alicyclic amines) is 1. The summed E-state index contributed by atoms with van der Waals surface area (Å²) in [4.78, 5) is 15.7. The van der Waals surface area contributed by atoms with Crippen molar-refractivity contribution in [3.05, 3.63) is 144 Å². The molecule has 4 aromatic rings. The van der Waals surface area contributed by atoms with Gasteiger partial charge in [-0.1, -0.05) is 121 Å². The Bertz CT molecular complexity index is 1070. The average Bonchev–Trinajstić information content (AvgIpc) is 2.83. The van der Waals surface area contributed by atoms with Crippen molar-refractivity contribution >= 4 is 5.91 Å². The molecule has 1 heterocycles. The molecule has 30 heavy (non-hydrogen) atoms. The van der Waals surface area contributed by atoms with Gasteiger partial charge in [0.1, 0.15) is 0 Å². The second-order valence-corrected chi connectivity index (χ2v) is 7.71. The smallest absolute Gasteiger partial charge is 0.233 e. The van der Waals surface area contributed by atoms with Crippen LogP contribution in [-0.4, -0.2) is 10.8 Å². The summed E-state index contributed by atoms with van der Waals surface area (Å²) in [6.45, 7) is 0. The Labute approximate surface area is 177 Å². The van der Waals surface area contributed by atoms with E-state index >= 15 is 0 Å². The first-order valence-corrected chi connectivity index (χ1v) is 10.4. The van der Waals surface area contributed by atoms with Crippen molar-refractivity contribution in [3.8, 4) is 0 Å². The van der Waals surface area contributed by atoms with Gasteiger partial charge < -0.3 is 4.90 Å². The van der Waals surface area contributed by atoms with Gasteiger partial charge in [0.2, 0.25) is 5.91 Å². The maximum atomic E-state index is 13.7. The summed E-state index contributed by atoms with van der Waals surface area (Å²) in [5.74, 6) is 0.0104. The Hall–Kier alpha value is -3.65. The largest absolute Gasteiger partial charge is 0.323 e. The molecule has 1 aliphatic rings. The lowest BCUT2D eigenvalue weighted by atomic mass is 9.75.